The second kappa shape index (κ2) is 6.67. The van der Waals surface area contributed by atoms with E-state index in [1.54, 1.807) is 0 Å². The molecule has 1 atom stereocenters. The molecule has 0 radical (unpaired) electrons. The Balaban J connectivity index is 2.26. The molecule has 1 heterocycles. The van der Waals surface area contributed by atoms with Crippen LogP contribution in [0.15, 0.2) is 18.2 Å². The highest BCUT2D eigenvalue weighted by Crippen LogP contribution is 2.35. The van der Waals surface area contributed by atoms with E-state index in [-0.39, 0.29) is 11.6 Å². The first-order valence-corrected chi connectivity index (χ1v) is 7.90. The van der Waals surface area contributed by atoms with E-state index in [1.165, 1.54) is 0 Å². The fourth-order valence-electron chi connectivity index (χ4n) is 3.02. The highest BCUT2D eigenvalue weighted by atomic mass is 16.5. The molecule has 1 aliphatic rings. The largest absolute Gasteiger partial charge is 0.490 e. The Kier molecular flexibility index (Phi) is 5.12. The number of hydrogen-bond donors (Lipinski definition) is 1. The molecule has 1 aromatic rings. The summed E-state index contributed by atoms with van der Waals surface area (Å²) in [6, 6.07) is 6.00. The number of ether oxygens (including phenoxy) is 2. The lowest BCUT2D eigenvalue weighted by atomic mass is 9.87. The van der Waals surface area contributed by atoms with Crippen molar-refractivity contribution in [2.24, 2.45) is 5.73 Å². The first kappa shape index (κ1) is 16.1. The van der Waals surface area contributed by atoms with Gasteiger partial charge in [-0.15, -0.1) is 0 Å². The molecule has 0 amide bonds. The zero-order valence-corrected chi connectivity index (χ0v) is 13.7. The number of nitrogens with zero attached hydrogens (tertiary/aromatic N) is 1. The topological polar surface area (TPSA) is 47.7 Å². The average molecular weight is 292 g/mol. The van der Waals surface area contributed by atoms with Crippen LogP contribution < -0.4 is 15.2 Å². The molecule has 0 fully saturated rings. The lowest BCUT2D eigenvalue weighted by Gasteiger charge is -2.42. The molecule has 0 aromatic heterocycles. The number of hydrogen-bond acceptors (Lipinski definition) is 4. The number of fused-ring (bicyclic) bond motifs is 1. The minimum atomic E-state index is -0.108. The van der Waals surface area contributed by atoms with Crippen LogP contribution in [0.1, 0.15) is 45.7 Å². The van der Waals surface area contributed by atoms with E-state index in [9.17, 15) is 0 Å². The number of likely N-dealkylation sites (N-methyl/N-ethyl adjacent to an activating group) is 1. The third-order valence-electron chi connectivity index (χ3n) is 4.47. The van der Waals surface area contributed by atoms with Gasteiger partial charge in [-0.25, -0.2) is 0 Å². The van der Waals surface area contributed by atoms with Crippen LogP contribution in [0.5, 0.6) is 11.5 Å². The number of benzene rings is 1. The van der Waals surface area contributed by atoms with Crippen LogP contribution in [0.4, 0.5) is 0 Å². The van der Waals surface area contributed by atoms with Gasteiger partial charge in [-0.1, -0.05) is 19.9 Å². The Morgan fingerprint density at radius 3 is 2.38 bits per heavy atom. The maximum atomic E-state index is 6.56. The molecule has 2 rings (SSSR count). The predicted octanol–water partition coefficient (Wildman–Crippen LogP) is 2.97. The Bertz CT molecular complexity index is 470. The van der Waals surface area contributed by atoms with Crippen molar-refractivity contribution in [3.63, 3.8) is 0 Å². The van der Waals surface area contributed by atoms with Gasteiger partial charge in [0.15, 0.2) is 11.5 Å². The smallest absolute Gasteiger partial charge is 0.161 e. The summed E-state index contributed by atoms with van der Waals surface area (Å²) in [7, 11) is 0. The maximum absolute atomic E-state index is 6.56. The molecule has 1 aliphatic heterocycles. The summed E-state index contributed by atoms with van der Waals surface area (Å²) in [6.45, 7) is 12.1. The normalized spacial score (nSPS) is 16.7. The number of nitrogens with two attached hydrogens (primary N) is 1. The minimum absolute atomic E-state index is 0.0745. The van der Waals surface area contributed by atoms with Crippen LogP contribution in [0.2, 0.25) is 0 Å². The molecular weight excluding hydrogens is 264 g/mol. The van der Waals surface area contributed by atoms with Crippen LogP contribution in [-0.4, -0.2) is 36.7 Å². The van der Waals surface area contributed by atoms with Gasteiger partial charge < -0.3 is 15.2 Å². The minimum Gasteiger partial charge on any atom is -0.490 e. The average Bonchev–Trinajstić information content (AvgIpc) is 2.71. The predicted molar refractivity (Wildman–Crippen MR) is 86.0 cm³/mol. The monoisotopic (exact) mass is 292 g/mol. The summed E-state index contributed by atoms with van der Waals surface area (Å²) < 4.78 is 11.5. The van der Waals surface area contributed by atoms with Gasteiger partial charge in [0.05, 0.1) is 13.2 Å². The lowest BCUT2D eigenvalue weighted by Crippen LogP contribution is -2.51. The van der Waals surface area contributed by atoms with Crippen molar-refractivity contribution in [3.8, 4) is 11.5 Å². The van der Waals surface area contributed by atoms with Gasteiger partial charge in [0.25, 0.3) is 0 Å². The maximum Gasteiger partial charge on any atom is 0.161 e. The van der Waals surface area contributed by atoms with E-state index in [1.807, 2.05) is 12.1 Å². The van der Waals surface area contributed by atoms with Crippen molar-refractivity contribution in [3.05, 3.63) is 23.8 Å². The van der Waals surface area contributed by atoms with Crippen LogP contribution >= 0.6 is 0 Å². The van der Waals surface area contributed by atoms with Gasteiger partial charge in [0, 0.05) is 18.0 Å². The van der Waals surface area contributed by atoms with Crippen molar-refractivity contribution < 1.29 is 9.47 Å². The van der Waals surface area contributed by atoms with Crippen LogP contribution in [0.25, 0.3) is 0 Å². The zero-order valence-electron chi connectivity index (χ0n) is 13.7. The van der Waals surface area contributed by atoms with E-state index in [0.717, 1.165) is 36.6 Å². The van der Waals surface area contributed by atoms with E-state index >= 15 is 0 Å². The summed E-state index contributed by atoms with van der Waals surface area (Å²) in [5.41, 5.74) is 7.54. The Morgan fingerprint density at radius 1 is 1.14 bits per heavy atom. The molecule has 0 bridgehead atoms. The first-order chi connectivity index (χ1) is 10.0. The third-order valence-corrected chi connectivity index (χ3v) is 4.47. The summed E-state index contributed by atoms with van der Waals surface area (Å²) >= 11 is 0. The quantitative estimate of drug-likeness (QED) is 0.906. The molecule has 21 heavy (non-hydrogen) atoms. The van der Waals surface area contributed by atoms with Crippen molar-refractivity contribution in [2.75, 3.05) is 26.3 Å². The molecule has 4 heteroatoms. The molecule has 0 aliphatic carbocycles. The van der Waals surface area contributed by atoms with E-state index in [4.69, 9.17) is 15.2 Å². The highest BCUT2D eigenvalue weighted by molar-refractivity contribution is 5.44. The summed E-state index contributed by atoms with van der Waals surface area (Å²) in [5, 5.41) is 0. The molecular formula is C17H28N2O2. The summed E-state index contributed by atoms with van der Waals surface area (Å²) in [4.78, 5) is 2.39. The summed E-state index contributed by atoms with van der Waals surface area (Å²) in [6.07, 6.45) is 0.918. The van der Waals surface area contributed by atoms with Gasteiger partial charge >= 0.3 is 0 Å². The van der Waals surface area contributed by atoms with Gasteiger partial charge in [0.1, 0.15) is 0 Å². The molecule has 0 saturated heterocycles. The lowest BCUT2D eigenvalue weighted by molar-refractivity contribution is 0.107. The molecule has 0 saturated carbocycles. The Hall–Kier alpha value is -1.26. The van der Waals surface area contributed by atoms with Gasteiger partial charge in [-0.2, -0.15) is 0 Å². The highest BCUT2D eigenvalue weighted by Gasteiger charge is 2.33. The molecule has 2 N–H and O–H groups in total. The van der Waals surface area contributed by atoms with Gasteiger partial charge in [0.2, 0.25) is 0 Å². The van der Waals surface area contributed by atoms with Crippen LogP contribution in [-0.2, 0) is 0 Å². The Morgan fingerprint density at radius 2 is 1.76 bits per heavy atom. The van der Waals surface area contributed by atoms with Gasteiger partial charge in [-0.3, -0.25) is 4.90 Å². The third kappa shape index (κ3) is 3.33. The zero-order chi connectivity index (χ0) is 15.5. The second-order valence-corrected chi connectivity index (χ2v) is 6.06. The summed E-state index contributed by atoms with van der Waals surface area (Å²) in [5.74, 6) is 1.64. The fourth-order valence-corrected chi connectivity index (χ4v) is 3.02. The standard InChI is InChI=1S/C17H28N2O2/c1-5-19(6-2)17(3,4)16(18)13-8-9-14-15(12-13)21-11-7-10-20-14/h8-9,12,16H,5-7,10-11,18H2,1-4H3. The van der Waals surface area contributed by atoms with E-state index in [0.29, 0.717) is 13.2 Å². The second-order valence-electron chi connectivity index (χ2n) is 6.06. The van der Waals surface area contributed by atoms with E-state index in [2.05, 4.69) is 38.7 Å². The van der Waals surface area contributed by atoms with Crippen molar-refractivity contribution >= 4 is 0 Å². The van der Waals surface area contributed by atoms with Gasteiger partial charge in [-0.05, 0) is 44.6 Å². The molecule has 4 nitrogen and oxygen atoms in total. The van der Waals surface area contributed by atoms with Crippen molar-refractivity contribution in [1.82, 2.24) is 4.90 Å². The fraction of sp³-hybridized carbons (Fsp3) is 0.647. The SMILES string of the molecule is CCN(CC)C(C)(C)C(N)c1ccc2c(c1)OCCCO2. The molecule has 118 valence electrons. The molecule has 1 unspecified atom stereocenters. The van der Waals surface area contributed by atoms with Crippen molar-refractivity contribution in [2.45, 2.75) is 45.7 Å². The Labute approximate surface area is 128 Å². The van der Waals surface area contributed by atoms with Crippen LogP contribution in [0.3, 0.4) is 0 Å². The number of rotatable bonds is 5. The molecule has 1 aromatic carbocycles. The molecule has 0 spiro atoms. The van der Waals surface area contributed by atoms with E-state index < -0.39 is 0 Å². The van der Waals surface area contributed by atoms with Crippen molar-refractivity contribution in [1.29, 1.82) is 0 Å². The van der Waals surface area contributed by atoms with Crippen LogP contribution in [0, 0.1) is 0 Å². The first-order valence-electron chi connectivity index (χ1n) is 7.90.